The summed E-state index contributed by atoms with van der Waals surface area (Å²) in [6.07, 6.45) is 6.23. The molecule has 5 heteroatoms. The maximum absolute atomic E-state index is 13.0. The number of carboxylic acids is 1. The van der Waals surface area contributed by atoms with E-state index >= 15 is 0 Å². The van der Waals surface area contributed by atoms with Crippen LogP contribution < -0.4 is 0 Å². The van der Waals surface area contributed by atoms with Crippen LogP contribution in [0.2, 0.25) is 0 Å². The van der Waals surface area contributed by atoms with Crippen molar-refractivity contribution < 1.29 is 14.7 Å². The maximum atomic E-state index is 13.0. The van der Waals surface area contributed by atoms with E-state index in [9.17, 15) is 14.7 Å². The zero-order valence-corrected chi connectivity index (χ0v) is 14.1. The van der Waals surface area contributed by atoms with Crippen molar-refractivity contribution in [2.75, 3.05) is 13.1 Å². The minimum atomic E-state index is -0.909. The van der Waals surface area contributed by atoms with Crippen LogP contribution in [0.1, 0.15) is 64.1 Å². The van der Waals surface area contributed by atoms with Gasteiger partial charge in [-0.3, -0.25) is 4.79 Å². The lowest BCUT2D eigenvalue weighted by Gasteiger charge is -2.33. The molecule has 2 aromatic rings. The molecule has 0 spiro atoms. The molecule has 2 aliphatic rings. The minimum absolute atomic E-state index is 0.0935. The number of hydrogen-bond acceptors (Lipinski definition) is 2. The Morgan fingerprint density at radius 3 is 2.68 bits per heavy atom. The van der Waals surface area contributed by atoms with Crippen molar-refractivity contribution in [2.24, 2.45) is 0 Å². The van der Waals surface area contributed by atoms with Crippen LogP contribution in [0.5, 0.6) is 0 Å². The van der Waals surface area contributed by atoms with E-state index in [1.165, 1.54) is 0 Å². The fourth-order valence-corrected chi connectivity index (χ4v) is 3.77. The number of hydrogen-bond donors (Lipinski definition) is 1. The molecule has 4 rings (SSSR count). The first-order valence-electron chi connectivity index (χ1n) is 8.93. The Balaban J connectivity index is 1.52. The van der Waals surface area contributed by atoms with E-state index in [0.29, 0.717) is 18.2 Å². The number of carbonyl (C=O) groups excluding carboxylic acids is 1. The van der Waals surface area contributed by atoms with Gasteiger partial charge >= 0.3 is 5.97 Å². The number of carboxylic acid groups (broad SMARTS) is 1. The Hall–Kier alpha value is -2.56. The summed E-state index contributed by atoms with van der Waals surface area (Å²) in [5.74, 6) is -0.620. The Bertz CT molecular complexity index is 807. The second kappa shape index (κ2) is 6.39. The summed E-state index contributed by atoms with van der Waals surface area (Å²) in [5.41, 5.74) is 2.10. The standard InChI is InChI=1S/C20H22N2O3/c23-19(18-7-3-11-22(18)17-8-9-17)21-10-2-6-16(13-21)14-4-1-5-15(12-14)20(24)25/h1,3-5,7,11-12,16-17H,2,6,8-10,13H2,(H,24,25)/t16-/m0/s1. The Morgan fingerprint density at radius 1 is 1.08 bits per heavy atom. The molecule has 0 bridgehead atoms. The summed E-state index contributed by atoms with van der Waals surface area (Å²) in [7, 11) is 0. The summed E-state index contributed by atoms with van der Waals surface area (Å²) >= 11 is 0. The zero-order chi connectivity index (χ0) is 17.4. The van der Waals surface area contributed by atoms with Crippen LogP contribution in [-0.2, 0) is 0 Å². The largest absolute Gasteiger partial charge is 0.478 e. The van der Waals surface area contributed by atoms with Crippen LogP contribution in [-0.4, -0.2) is 39.5 Å². The van der Waals surface area contributed by atoms with E-state index in [0.717, 1.165) is 43.5 Å². The average Bonchev–Trinajstić information content (AvgIpc) is 3.38. The van der Waals surface area contributed by atoms with Gasteiger partial charge in [-0.1, -0.05) is 12.1 Å². The van der Waals surface area contributed by atoms with Crippen molar-refractivity contribution >= 4 is 11.9 Å². The number of aromatic carboxylic acids is 1. The normalized spacial score (nSPS) is 20.5. The number of likely N-dealkylation sites (tertiary alicyclic amines) is 1. The SMILES string of the molecule is O=C(O)c1cccc([C@H]2CCCN(C(=O)c3cccn3C3CC3)C2)c1. The third kappa shape index (κ3) is 3.18. The lowest BCUT2D eigenvalue weighted by molar-refractivity contribution is 0.0683. The van der Waals surface area contributed by atoms with Gasteiger partial charge in [0, 0.05) is 31.2 Å². The molecule has 25 heavy (non-hydrogen) atoms. The fourth-order valence-electron chi connectivity index (χ4n) is 3.77. The van der Waals surface area contributed by atoms with Gasteiger partial charge in [0.1, 0.15) is 5.69 Å². The highest BCUT2D eigenvalue weighted by Gasteiger charge is 2.31. The lowest BCUT2D eigenvalue weighted by Crippen LogP contribution is -2.39. The van der Waals surface area contributed by atoms with Gasteiger partial charge < -0.3 is 14.6 Å². The molecule has 1 aliphatic heterocycles. The van der Waals surface area contributed by atoms with Crippen LogP contribution in [0.25, 0.3) is 0 Å². The minimum Gasteiger partial charge on any atom is -0.478 e. The predicted octanol–water partition coefficient (Wildman–Crippen LogP) is 3.54. The number of carbonyl (C=O) groups is 2. The number of aromatic nitrogens is 1. The predicted molar refractivity (Wildman–Crippen MR) is 94.0 cm³/mol. The highest BCUT2D eigenvalue weighted by Crippen LogP contribution is 2.36. The molecule has 1 atom stereocenters. The molecule has 1 amide bonds. The van der Waals surface area contributed by atoms with Crippen molar-refractivity contribution in [1.82, 2.24) is 9.47 Å². The van der Waals surface area contributed by atoms with Crippen molar-refractivity contribution in [1.29, 1.82) is 0 Å². The maximum Gasteiger partial charge on any atom is 0.335 e. The first kappa shape index (κ1) is 15.9. The van der Waals surface area contributed by atoms with Crippen LogP contribution in [0.4, 0.5) is 0 Å². The molecule has 1 aliphatic carbocycles. The van der Waals surface area contributed by atoms with E-state index in [1.54, 1.807) is 18.2 Å². The van der Waals surface area contributed by atoms with Crippen LogP contribution in [0.3, 0.4) is 0 Å². The third-order valence-electron chi connectivity index (χ3n) is 5.25. The molecule has 0 radical (unpaired) electrons. The molecular formula is C20H22N2O3. The Kier molecular flexibility index (Phi) is 4.07. The first-order valence-corrected chi connectivity index (χ1v) is 8.93. The molecular weight excluding hydrogens is 316 g/mol. The number of rotatable bonds is 4. The summed E-state index contributed by atoms with van der Waals surface area (Å²) in [4.78, 5) is 26.1. The van der Waals surface area contributed by atoms with Crippen molar-refractivity contribution in [3.8, 4) is 0 Å². The first-order chi connectivity index (χ1) is 12.1. The van der Waals surface area contributed by atoms with Gasteiger partial charge in [-0.15, -0.1) is 0 Å². The highest BCUT2D eigenvalue weighted by atomic mass is 16.4. The monoisotopic (exact) mass is 338 g/mol. The molecule has 2 fully saturated rings. The van der Waals surface area contributed by atoms with Gasteiger partial charge in [0.15, 0.2) is 0 Å². The number of amides is 1. The molecule has 1 aromatic carbocycles. The molecule has 1 saturated heterocycles. The van der Waals surface area contributed by atoms with E-state index in [-0.39, 0.29) is 11.8 Å². The van der Waals surface area contributed by atoms with Gasteiger partial charge in [0.05, 0.1) is 5.56 Å². The topological polar surface area (TPSA) is 62.5 Å². The molecule has 1 N–H and O–H groups in total. The number of benzene rings is 1. The quantitative estimate of drug-likeness (QED) is 0.927. The summed E-state index contributed by atoms with van der Waals surface area (Å²) in [6, 6.07) is 11.5. The van der Waals surface area contributed by atoms with Crippen LogP contribution in [0.15, 0.2) is 42.6 Å². The zero-order valence-electron chi connectivity index (χ0n) is 14.1. The number of nitrogens with zero attached hydrogens (tertiary/aromatic N) is 2. The third-order valence-corrected chi connectivity index (χ3v) is 5.25. The van der Waals surface area contributed by atoms with Crippen molar-refractivity contribution in [3.63, 3.8) is 0 Å². The van der Waals surface area contributed by atoms with Gasteiger partial charge in [-0.05, 0) is 55.5 Å². The summed E-state index contributed by atoms with van der Waals surface area (Å²) in [6.45, 7) is 1.42. The molecule has 0 unspecified atom stereocenters. The van der Waals surface area contributed by atoms with Gasteiger partial charge in [-0.25, -0.2) is 4.79 Å². The molecule has 130 valence electrons. The Morgan fingerprint density at radius 2 is 1.92 bits per heavy atom. The Labute approximate surface area is 146 Å². The highest BCUT2D eigenvalue weighted by molar-refractivity contribution is 5.93. The van der Waals surface area contributed by atoms with E-state index in [2.05, 4.69) is 4.57 Å². The van der Waals surface area contributed by atoms with E-state index in [4.69, 9.17) is 0 Å². The molecule has 1 saturated carbocycles. The smallest absolute Gasteiger partial charge is 0.335 e. The fraction of sp³-hybridized carbons (Fsp3) is 0.400. The number of piperidine rings is 1. The molecule has 2 heterocycles. The van der Waals surface area contributed by atoms with Crippen molar-refractivity contribution in [2.45, 2.75) is 37.6 Å². The molecule has 5 nitrogen and oxygen atoms in total. The van der Waals surface area contributed by atoms with Crippen LogP contribution in [0, 0.1) is 0 Å². The lowest BCUT2D eigenvalue weighted by atomic mass is 9.89. The van der Waals surface area contributed by atoms with Gasteiger partial charge in [0.25, 0.3) is 5.91 Å². The van der Waals surface area contributed by atoms with Gasteiger partial charge in [0.2, 0.25) is 0 Å². The summed E-state index contributed by atoms with van der Waals surface area (Å²) < 4.78 is 2.11. The molecule has 1 aromatic heterocycles. The second-order valence-corrected chi connectivity index (χ2v) is 7.05. The summed E-state index contributed by atoms with van der Waals surface area (Å²) in [5, 5.41) is 9.19. The van der Waals surface area contributed by atoms with E-state index < -0.39 is 5.97 Å². The van der Waals surface area contributed by atoms with E-state index in [1.807, 2.05) is 29.3 Å². The van der Waals surface area contributed by atoms with Crippen LogP contribution >= 0.6 is 0 Å². The van der Waals surface area contributed by atoms with Crippen molar-refractivity contribution in [3.05, 3.63) is 59.4 Å². The van der Waals surface area contributed by atoms with Gasteiger partial charge in [-0.2, -0.15) is 0 Å². The average molecular weight is 338 g/mol. The second-order valence-electron chi connectivity index (χ2n) is 7.05.